The Bertz CT molecular complexity index is 853. The molecule has 1 atom stereocenters. The number of aromatic nitrogens is 1. The average Bonchev–Trinajstić information content (AvgIpc) is 2.68. The lowest BCUT2D eigenvalue weighted by molar-refractivity contribution is -0.385. The van der Waals surface area contributed by atoms with Gasteiger partial charge in [-0.05, 0) is 30.7 Å². The first-order chi connectivity index (χ1) is 13.8. The van der Waals surface area contributed by atoms with Crippen molar-refractivity contribution in [3.05, 3.63) is 63.3 Å². The number of rotatable bonds is 6. The number of hydrogen-bond acceptors (Lipinski definition) is 6. The van der Waals surface area contributed by atoms with Crippen molar-refractivity contribution in [3.8, 4) is 0 Å². The fourth-order valence-electron chi connectivity index (χ4n) is 3.28. The molecule has 29 heavy (non-hydrogen) atoms. The zero-order valence-corrected chi connectivity index (χ0v) is 15.8. The molecule has 0 bridgehead atoms. The number of alkyl halides is 3. The molecule has 1 N–H and O–H groups in total. The number of pyridine rings is 1. The lowest BCUT2D eigenvalue weighted by Gasteiger charge is -2.35. The number of nitrogens with one attached hydrogen (secondary N) is 1. The lowest BCUT2D eigenvalue weighted by Crippen LogP contribution is -2.41. The van der Waals surface area contributed by atoms with E-state index in [1.54, 1.807) is 13.0 Å². The van der Waals surface area contributed by atoms with Gasteiger partial charge in [0.15, 0.2) is 0 Å². The van der Waals surface area contributed by atoms with E-state index < -0.39 is 16.7 Å². The van der Waals surface area contributed by atoms with Crippen LogP contribution in [-0.4, -0.2) is 47.7 Å². The number of aryl methyl sites for hydroxylation is 1. The van der Waals surface area contributed by atoms with Crippen molar-refractivity contribution in [1.29, 1.82) is 0 Å². The minimum atomic E-state index is -4.38. The first-order valence-corrected chi connectivity index (χ1v) is 9.09. The molecule has 0 spiro atoms. The first-order valence-electron chi connectivity index (χ1n) is 9.09. The van der Waals surface area contributed by atoms with Gasteiger partial charge in [0.25, 0.3) is 5.69 Å². The van der Waals surface area contributed by atoms with Crippen LogP contribution >= 0.6 is 0 Å². The molecule has 1 unspecified atom stereocenters. The normalized spacial score (nSPS) is 16.4. The van der Waals surface area contributed by atoms with Gasteiger partial charge in [-0.3, -0.25) is 15.0 Å². The van der Waals surface area contributed by atoms with Gasteiger partial charge in [-0.2, -0.15) is 13.2 Å². The van der Waals surface area contributed by atoms with E-state index in [0.717, 1.165) is 17.7 Å². The molecule has 0 radical (unpaired) electrons. The molecule has 1 aliphatic rings. The maximum absolute atomic E-state index is 12.9. The van der Waals surface area contributed by atoms with Crippen LogP contribution in [0.5, 0.6) is 0 Å². The Hall–Kier alpha value is -2.72. The largest absolute Gasteiger partial charge is 0.416 e. The summed E-state index contributed by atoms with van der Waals surface area (Å²) in [6.07, 6.45) is -3.19. The summed E-state index contributed by atoms with van der Waals surface area (Å²) in [5, 5.41) is 14.1. The predicted molar refractivity (Wildman–Crippen MR) is 101 cm³/mol. The SMILES string of the molecule is Cc1cc(NCC(c2ccc(C(F)(F)F)cc2)N2CCOCC2)ncc1[N+](=O)[O-]. The topological polar surface area (TPSA) is 80.5 Å². The number of anilines is 1. The fraction of sp³-hybridized carbons (Fsp3) is 0.421. The quantitative estimate of drug-likeness (QED) is 0.576. The highest BCUT2D eigenvalue weighted by molar-refractivity contribution is 5.47. The van der Waals surface area contributed by atoms with Crippen LogP contribution in [0.15, 0.2) is 36.5 Å². The zero-order valence-electron chi connectivity index (χ0n) is 15.8. The lowest BCUT2D eigenvalue weighted by atomic mass is 10.0. The van der Waals surface area contributed by atoms with E-state index in [1.807, 2.05) is 0 Å². The zero-order chi connectivity index (χ0) is 21.0. The molecule has 2 aromatic rings. The van der Waals surface area contributed by atoms with E-state index in [4.69, 9.17) is 4.74 Å². The van der Waals surface area contributed by atoms with Gasteiger partial charge in [0.2, 0.25) is 0 Å². The monoisotopic (exact) mass is 410 g/mol. The summed E-state index contributed by atoms with van der Waals surface area (Å²) in [4.78, 5) is 16.6. The minimum absolute atomic E-state index is 0.0666. The third-order valence-corrected chi connectivity index (χ3v) is 4.87. The van der Waals surface area contributed by atoms with Crippen LogP contribution in [0.2, 0.25) is 0 Å². The van der Waals surface area contributed by atoms with Crippen molar-refractivity contribution in [3.63, 3.8) is 0 Å². The number of ether oxygens (including phenoxy) is 1. The fourth-order valence-corrected chi connectivity index (χ4v) is 3.28. The molecular formula is C19H21F3N4O3. The molecule has 2 heterocycles. The van der Waals surface area contributed by atoms with Crippen molar-refractivity contribution in [2.45, 2.75) is 19.1 Å². The third-order valence-electron chi connectivity index (χ3n) is 4.87. The Morgan fingerprint density at radius 3 is 2.48 bits per heavy atom. The van der Waals surface area contributed by atoms with E-state index in [2.05, 4.69) is 15.2 Å². The summed E-state index contributed by atoms with van der Waals surface area (Å²) in [5.41, 5.74) is 0.460. The molecule has 156 valence electrons. The number of hydrogen-bond donors (Lipinski definition) is 1. The Morgan fingerprint density at radius 2 is 1.93 bits per heavy atom. The van der Waals surface area contributed by atoms with Gasteiger partial charge in [-0.1, -0.05) is 12.1 Å². The first kappa shape index (κ1) is 21.0. The molecule has 0 aliphatic carbocycles. The molecule has 0 saturated carbocycles. The van der Waals surface area contributed by atoms with Crippen LogP contribution in [0.25, 0.3) is 0 Å². The summed E-state index contributed by atoms with van der Waals surface area (Å²) in [7, 11) is 0. The van der Waals surface area contributed by atoms with Gasteiger partial charge in [0, 0.05) is 25.2 Å². The summed E-state index contributed by atoms with van der Waals surface area (Å²) >= 11 is 0. The van der Waals surface area contributed by atoms with Crippen LogP contribution in [0.1, 0.15) is 22.7 Å². The van der Waals surface area contributed by atoms with E-state index in [1.165, 1.54) is 18.3 Å². The van der Waals surface area contributed by atoms with Crippen molar-refractivity contribution in [2.75, 3.05) is 38.2 Å². The predicted octanol–water partition coefficient (Wildman–Crippen LogP) is 3.80. The molecule has 1 aromatic carbocycles. The van der Waals surface area contributed by atoms with Gasteiger partial charge in [0.1, 0.15) is 12.0 Å². The maximum Gasteiger partial charge on any atom is 0.416 e. The molecule has 10 heteroatoms. The van der Waals surface area contributed by atoms with Crippen molar-refractivity contribution >= 4 is 11.5 Å². The molecule has 1 aliphatic heterocycles. The third kappa shape index (κ3) is 5.21. The molecular weight excluding hydrogens is 389 g/mol. The highest BCUT2D eigenvalue weighted by atomic mass is 19.4. The van der Waals surface area contributed by atoms with E-state index in [9.17, 15) is 23.3 Å². The Morgan fingerprint density at radius 1 is 1.28 bits per heavy atom. The van der Waals surface area contributed by atoms with Crippen LogP contribution in [0.3, 0.4) is 0 Å². The van der Waals surface area contributed by atoms with Gasteiger partial charge >= 0.3 is 6.18 Å². The number of nitrogens with zero attached hydrogens (tertiary/aromatic N) is 3. The van der Waals surface area contributed by atoms with Gasteiger partial charge in [-0.25, -0.2) is 4.98 Å². The molecule has 3 rings (SSSR count). The second-order valence-electron chi connectivity index (χ2n) is 6.78. The molecule has 7 nitrogen and oxygen atoms in total. The summed E-state index contributed by atoms with van der Waals surface area (Å²) in [6.45, 7) is 4.41. The summed E-state index contributed by atoms with van der Waals surface area (Å²) in [5.74, 6) is 0.471. The van der Waals surface area contributed by atoms with Crippen LogP contribution in [0, 0.1) is 17.0 Å². The van der Waals surface area contributed by atoms with E-state index >= 15 is 0 Å². The number of morpholine rings is 1. The Kier molecular flexibility index (Phi) is 6.33. The smallest absolute Gasteiger partial charge is 0.379 e. The Balaban J connectivity index is 1.79. The summed E-state index contributed by atoms with van der Waals surface area (Å²) < 4.78 is 44.0. The highest BCUT2D eigenvalue weighted by Crippen LogP contribution is 2.31. The van der Waals surface area contributed by atoms with Crippen molar-refractivity contribution < 1.29 is 22.8 Å². The molecule has 1 aromatic heterocycles. The highest BCUT2D eigenvalue weighted by Gasteiger charge is 2.31. The second-order valence-corrected chi connectivity index (χ2v) is 6.78. The van der Waals surface area contributed by atoms with E-state index in [-0.39, 0.29) is 11.7 Å². The number of benzene rings is 1. The van der Waals surface area contributed by atoms with Crippen LogP contribution in [0.4, 0.5) is 24.7 Å². The van der Waals surface area contributed by atoms with Gasteiger partial charge in [-0.15, -0.1) is 0 Å². The standard InChI is InChI=1S/C19H21F3N4O3/c1-13-10-18(23-11-16(13)26(27)28)24-12-17(25-6-8-29-9-7-25)14-2-4-15(5-3-14)19(20,21)22/h2-5,10-11,17H,6-9,12H2,1H3,(H,23,24). The van der Waals surface area contributed by atoms with Crippen molar-refractivity contribution in [1.82, 2.24) is 9.88 Å². The van der Waals surface area contributed by atoms with Crippen molar-refractivity contribution in [2.24, 2.45) is 0 Å². The average molecular weight is 410 g/mol. The van der Waals surface area contributed by atoms with Gasteiger partial charge in [0.05, 0.1) is 29.7 Å². The number of halogens is 3. The minimum Gasteiger partial charge on any atom is -0.379 e. The second kappa shape index (κ2) is 8.75. The maximum atomic E-state index is 12.9. The number of nitro groups is 1. The van der Waals surface area contributed by atoms with Crippen LogP contribution in [-0.2, 0) is 10.9 Å². The van der Waals surface area contributed by atoms with Gasteiger partial charge < -0.3 is 10.1 Å². The molecule has 1 fully saturated rings. The van der Waals surface area contributed by atoms with E-state index in [0.29, 0.717) is 44.2 Å². The molecule has 0 amide bonds. The molecule has 1 saturated heterocycles. The van der Waals surface area contributed by atoms with Crippen LogP contribution < -0.4 is 5.32 Å². The summed E-state index contributed by atoms with van der Waals surface area (Å²) in [6, 6.07) is 6.52. The Labute approximate surface area is 165 Å².